The van der Waals surface area contributed by atoms with Gasteiger partial charge in [-0.2, -0.15) is 0 Å². The number of carbonyl (C=O) groups is 1. The average Bonchev–Trinajstić information content (AvgIpc) is 2.36. The van der Waals surface area contributed by atoms with Crippen LogP contribution in [0.1, 0.15) is 32.3 Å². The van der Waals surface area contributed by atoms with E-state index in [4.69, 9.17) is 18.0 Å². The van der Waals surface area contributed by atoms with E-state index in [-0.39, 0.29) is 16.7 Å². The third-order valence-electron chi connectivity index (χ3n) is 3.63. The van der Waals surface area contributed by atoms with E-state index in [1.807, 2.05) is 13.8 Å². The van der Waals surface area contributed by atoms with Crippen LogP contribution in [0.15, 0.2) is 18.2 Å². The second-order valence-electron chi connectivity index (χ2n) is 4.52. The highest BCUT2D eigenvalue weighted by molar-refractivity contribution is 7.80. The van der Waals surface area contributed by atoms with Crippen molar-refractivity contribution in [1.29, 1.82) is 0 Å². The molecule has 0 radical (unpaired) electrons. The van der Waals surface area contributed by atoms with Gasteiger partial charge in [0, 0.05) is 11.3 Å². The molecule has 3 nitrogen and oxygen atoms in total. The van der Waals surface area contributed by atoms with Gasteiger partial charge >= 0.3 is 0 Å². The number of anilines is 1. The third kappa shape index (κ3) is 2.92. The van der Waals surface area contributed by atoms with Crippen molar-refractivity contribution < 1.29 is 9.18 Å². The Balaban J connectivity index is 3.07. The van der Waals surface area contributed by atoms with Gasteiger partial charge in [-0.3, -0.25) is 4.79 Å². The number of rotatable bonds is 5. The van der Waals surface area contributed by atoms with Gasteiger partial charge in [-0.25, -0.2) is 4.39 Å². The minimum Gasteiger partial charge on any atom is -0.392 e. The zero-order valence-electron chi connectivity index (χ0n) is 11.4. The number of nitrogens with two attached hydrogens (primary N) is 1. The summed E-state index contributed by atoms with van der Waals surface area (Å²) in [6.07, 6.45) is 1.03. The second-order valence-corrected chi connectivity index (χ2v) is 4.96. The van der Waals surface area contributed by atoms with Crippen LogP contribution in [-0.2, 0) is 4.79 Å². The zero-order chi connectivity index (χ0) is 14.6. The first-order chi connectivity index (χ1) is 8.89. The van der Waals surface area contributed by atoms with Crippen molar-refractivity contribution >= 4 is 28.8 Å². The molecule has 1 aromatic carbocycles. The average molecular weight is 282 g/mol. The Morgan fingerprint density at radius 1 is 1.42 bits per heavy atom. The zero-order valence-corrected chi connectivity index (χ0v) is 12.2. The largest absolute Gasteiger partial charge is 0.392 e. The molecule has 5 heteroatoms. The summed E-state index contributed by atoms with van der Waals surface area (Å²) in [5.74, 6) is -0.634. The maximum absolute atomic E-state index is 13.4. The van der Waals surface area contributed by atoms with Gasteiger partial charge in [-0.05, 0) is 31.9 Å². The predicted octanol–water partition coefficient (Wildman–Crippen LogP) is 3.17. The number of thiocarbonyl (C=S) groups is 1. The van der Waals surface area contributed by atoms with E-state index < -0.39 is 5.41 Å². The molecular weight excluding hydrogens is 263 g/mol. The lowest BCUT2D eigenvalue weighted by Crippen LogP contribution is -2.45. The van der Waals surface area contributed by atoms with Crippen LogP contribution >= 0.6 is 12.2 Å². The standard InChI is InChI=1S/C14H19FN2OS/c1-4-14(5-2,12(16)19)13(18)17-11-8-6-7-10(15)9(11)3/h6-8H,4-5H2,1-3H3,(H2,16,19)(H,17,18). The van der Waals surface area contributed by atoms with Gasteiger partial charge in [0.15, 0.2) is 0 Å². The first-order valence-electron chi connectivity index (χ1n) is 6.25. The number of hydrogen-bond acceptors (Lipinski definition) is 2. The molecule has 104 valence electrons. The Labute approximate surface area is 118 Å². The first kappa shape index (κ1) is 15.6. The summed E-state index contributed by atoms with van der Waals surface area (Å²) in [6.45, 7) is 5.34. The maximum Gasteiger partial charge on any atom is 0.237 e. The molecule has 0 spiro atoms. The van der Waals surface area contributed by atoms with Crippen molar-refractivity contribution in [1.82, 2.24) is 0 Å². The van der Waals surface area contributed by atoms with Gasteiger partial charge < -0.3 is 11.1 Å². The Hall–Kier alpha value is -1.49. The van der Waals surface area contributed by atoms with Crippen LogP contribution in [0.3, 0.4) is 0 Å². The van der Waals surface area contributed by atoms with Crippen molar-refractivity contribution in [2.45, 2.75) is 33.6 Å². The highest BCUT2D eigenvalue weighted by Gasteiger charge is 2.38. The van der Waals surface area contributed by atoms with E-state index in [1.165, 1.54) is 6.07 Å². The van der Waals surface area contributed by atoms with Crippen molar-refractivity contribution in [3.8, 4) is 0 Å². The summed E-state index contributed by atoms with van der Waals surface area (Å²) in [7, 11) is 0. The molecule has 0 saturated carbocycles. The molecule has 0 unspecified atom stereocenters. The minimum absolute atomic E-state index is 0.170. The van der Waals surface area contributed by atoms with E-state index >= 15 is 0 Å². The molecule has 19 heavy (non-hydrogen) atoms. The third-order valence-corrected chi connectivity index (χ3v) is 4.02. The van der Waals surface area contributed by atoms with E-state index in [0.29, 0.717) is 24.1 Å². The first-order valence-corrected chi connectivity index (χ1v) is 6.66. The number of amides is 1. The van der Waals surface area contributed by atoms with Gasteiger partial charge in [0.1, 0.15) is 5.82 Å². The van der Waals surface area contributed by atoms with E-state index in [1.54, 1.807) is 19.1 Å². The molecule has 0 aliphatic heterocycles. The van der Waals surface area contributed by atoms with Crippen LogP contribution in [-0.4, -0.2) is 10.9 Å². The topological polar surface area (TPSA) is 55.1 Å². The van der Waals surface area contributed by atoms with Crippen LogP contribution < -0.4 is 11.1 Å². The van der Waals surface area contributed by atoms with Gasteiger partial charge in [-0.15, -0.1) is 0 Å². The van der Waals surface area contributed by atoms with Crippen molar-refractivity contribution in [3.05, 3.63) is 29.6 Å². The second kappa shape index (κ2) is 6.10. The van der Waals surface area contributed by atoms with Crippen LogP contribution in [0.5, 0.6) is 0 Å². The smallest absolute Gasteiger partial charge is 0.237 e. The number of benzene rings is 1. The van der Waals surface area contributed by atoms with E-state index in [0.717, 1.165) is 0 Å². The van der Waals surface area contributed by atoms with Crippen LogP contribution in [0, 0.1) is 18.2 Å². The Kier molecular flexibility index (Phi) is 5.00. The van der Waals surface area contributed by atoms with Gasteiger partial charge in [-0.1, -0.05) is 32.1 Å². The van der Waals surface area contributed by atoms with E-state index in [2.05, 4.69) is 5.32 Å². The summed E-state index contributed by atoms with van der Waals surface area (Å²) in [6, 6.07) is 4.57. The molecule has 0 fully saturated rings. The number of hydrogen-bond donors (Lipinski definition) is 2. The molecule has 0 aromatic heterocycles. The maximum atomic E-state index is 13.4. The fourth-order valence-corrected chi connectivity index (χ4v) is 2.40. The lowest BCUT2D eigenvalue weighted by molar-refractivity contribution is -0.122. The molecule has 0 aliphatic carbocycles. The molecule has 0 bridgehead atoms. The van der Waals surface area contributed by atoms with Gasteiger partial charge in [0.2, 0.25) is 5.91 Å². The Morgan fingerprint density at radius 3 is 2.47 bits per heavy atom. The monoisotopic (exact) mass is 282 g/mol. The lowest BCUT2D eigenvalue weighted by Gasteiger charge is -2.29. The quantitative estimate of drug-likeness (QED) is 0.816. The normalized spacial score (nSPS) is 11.2. The molecule has 3 N–H and O–H groups in total. The molecule has 1 amide bonds. The molecular formula is C14H19FN2OS. The Morgan fingerprint density at radius 2 is 2.00 bits per heavy atom. The minimum atomic E-state index is -0.881. The van der Waals surface area contributed by atoms with Crippen LogP contribution in [0.2, 0.25) is 0 Å². The van der Waals surface area contributed by atoms with Gasteiger partial charge in [0.05, 0.1) is 10.4 Å². The molecule has 0 heterocycles. The predicted molar refractivity (Wildman–Crippen MR) is 79.6 cm³/mol. The van der Waals surface area contributed by atoms with Crippen LogP contribution in [0.25, 0.3) is 0 Å². The lowest BCUT2D eigenvalue weighted by atomic mass is 9.81. The summed E-state index contributed by atoms with van der Waals surface area (Å²) in [5, 5.41) is 2.73. The molecule has 1 aromatic rings. The van der Waals surface area contributed by atoms with Crippen molar-refractivity contribution in [2.75, 3.05) is 5.32 Å². The highest BCUT2D eigenvalue weighted by Crippen LogP contribution is 2.29. The van der Waals surface area contributed by atoms with Crippen LogP contribution in [0.4, 0.5) is 10.1 Å². The van der Waals surface area contributed by atoms with E-state index in [9.17, 15) is 9.18 Å². The Bertz CT molecular complexity index is 498. The summed E-state index contributed by atoms with van der Waals surface area (Å²) >= 11 is 5.02. The SMILES string of the molecule is CCC(CC)(C(=O)Nc1cccc(F)c1C)C(N)=S. The number of carbonyl (C=O) groups excluding carboxylic acids is 1. The molecule has 0 atom stereocenters. The van der Waals surface area contributed by atoms with Crippen molar-refractivity contribution in [2.24, 2.45) is 11.1 Å². The summed E-state index contributed by atoms with van der Waals surface area (Å²) in [4.78, 5) is 12.6. The molecule has 1 rings (SSSR count). The summed E-state index contributed by atoms with van der Waals surface area (Å²) in [5.41, 5.74) is 5.69. The number of nitrogens with one attached hydrogen (secondary N) is 1. The number of halogens is 1. The van der Waals surface area contributed by atoms with Crippen molar-refractivity contribution in [3.63, 3.8) is 0 Å². The summed E-state index contributed by atoms with van der Waals surface area (Å²) < 4.78 is 13.4. The highest BCUT2D eigenvalue weighted by atomic mass is 32.1. The fraction of sp³-hybridized carbons (Fsp3) is 0.429. The molecule has 0 aliphatic rings. The van der Waals surface area contributed by atoms with Gasteiger partial charge in [0.25, 0.3) is 0 Å². The molecule has 0 saturated heterocycles. The fourth-order valence-electron chi connectivity index (χ4n) is 2.02.